The molecular formula is C9H16N2O4S2. The third kappa shape index (κ3) is 4.99. The van der Waals surface area contributed by atoms with E-state index in [1.54, 1.807) is 12.3 Å². The van der Waals surface area contributed by atoms with E-state index in [4.69, 9.17) is 4.74 Å². The first-order valence-corrected chi connectivity index (χ1v) is 7.60. The predicted molar refractivity (Wildman–Crippen MR) is 66.7 cm³/mol. The topological polar surface area (TPSA) is 88.5 Å². The Bertz CT molecular complexity index is 442. The molecule has 0 spiro atoms. The molecule has 98 valence electrons. The largest absolute Gasteiger partial charge is 0.387 e. The summed E-state index contributed by atoms with van der Waals surface area (Å²) in [5, 5.41) is 11.2. The van der Waals surface area contributed by atoms with E-state index in [0.29, 0.717) is 18.7 Å². The van der Waals surface area contributed by atoms with Crippen molar-refractivity contribution < 1.29 is 18.3 Å². The Hall–Kier alpha value is -0.700. The summed E-state index contributed by atoms with van der Waals surface area (Å²) >= 11 is 1.15. The van der Waals surface area contributed by atoms with Crippen molar-refractivity contribution in [2.45, 2.75) is 19.4 Å². The first-order valence-electron chi connectivity index (χ1n) is 5.07. The van der Waals surface area contributed by atoms with Crippen molar-refractivity contribution in [3.63, 3.8) is 0 Å². The molecule has 0 bridgehead atoms. The van der Waals surface area contributed by atoms with Crippen LogP contribution in [0.15, 0.2) is 5.38 Å². The van der Waals surface area contributed by atoms with Crippen LogP contribution >= 0.6 is 11.3 Å². The van der Waals surface area contributed by atoms with Gasteiger partial charge in [0.05, 0.1) is 17.6 Å². The molecule has 1 heterocycles. The molecule has 8 heteroatoms. The second kappa shape index (κ2) is 6.29. The molecule has 1 aromatic heterocycles. The van der Waals surface area contributed by atoms with Crippen LogP contribution in [0.2, 0.25) is 0 Å². The molecule has 6 nitrogen and oxygen atoms in total. The van der Waals surface area contributed by atoms with Gasteiger partial charge in [-0.15, -0.1) is 11.3 Å². The van der Waals surface area contributed by atoms with Crippen LogP contribution in [0, 0.1) is 0 Å². The van der Waals surface area contributed by atoms with Crippen LogP contribution < -0.4 is 4.72 Å². The van der Waals surface area contributed by atoms with Crippen molar-refractivity contribution in [1.29, 1.82) is 0 Å². The number of hydrogen-bond acceptors (Lipinski definition) is 6. The van der Waals surface area contributed by atoms with E-state index in [1.165, 1.54) is 7.11 Å². The van der Waals surface area contributed by atoms with Gasteiger partial charge in [0.1, 0.15) is 0 Å². The lowest BCUT2D eigenvalue weighted by atomic mass is 10.3. The Morgan fingerprint density at radius 2 is 2.35 bits per heavy atom. The molecule has 0 fully saturated rings. The highest BCUT2D eigenvalue weighted by atomic mass is 32.2. The van der Waals surface area contributed by atoms with E-state index < -0.39 is 16.1 Å². The Morgan fingerprint density at radius 3 is 2.88 bits per heavy atom. The zero-order valence-electron chi connectivity index (χ0n) is 9.71. The van der Waals surface area contributed by atoms with E-state index in [0.717, 1.165) is 11.3 Å². The molecule has 0 amide bonds. The van der Waals surface area contributed by atoms with Gasteiger partial charge in [0.2, 0.25) is 10.0 Å². The Kier molecular flexibility index (Phi) is 5.31. The van der Waals surface area contributed by atoms with E-state index in [9.17, 15) is 13.5 Å². The van der Waals surface area contributed by atoms with Crippen molar-refractivity contribution in [3.8, 4) is 0 Å². The maximum Gasteiger partial charge on any atom is 0.234 e. The van der Waals surface area contributed by atoms with E-state index in [1.807, 2.05) is 0 Å². The SMILES string of the molecule is COCCCS(=O)(=O)Nc1nc(C(C)O)cs1. The van der Waals surface area contributed by atoms with Gasteiger partial charge in [0, 0.05) is 19.1 Å². The molecule has 0 aliphatic rings. The minimum Gasteiger partial charge on any atom is -0.387 e. The summed E-state index contributed by atoms with van der Waals surface area (Å²) in [5.74, 6) is -0.00949. The second-order valence-electron chi connectivity index (χ2n) is 3.52. The summed E-state index contributed by atoms with van der Waals surface area (Å²) in [4.78, 5) is 3.97. The Labute approximate surface area is 105 Å². The molecule has 1 aromatic rings. The highest BCUT2D eigenvalue weighted by Gasteiger charge is 2.13. The number of sulfonamides is 1. The minimum absolute atomic E-state index is 0.00949. The number of methoxy groups -OCH3 is 1. The highest BCUT2D eigenvalue weighted by molar-refractivity contribution is 7.92. The molecular weight excluding hydrogens is 264 g/mol. The Balaban J connectivity index is 2.57. The minimum atomic E-state index is -3.38. The molecule has 0 aliphatic carbocycles. The molecule has 0 saturated carbocycles. The lowest BCUT2D eigenvalue weighted by molar-refractivity contribution is 0.195. The van der Waals surface area contributed by atoms with Crippen LogP contribution in [0.1, 0.15) is 25.1 Å². The molecule has 2 N–H and O–H groups in total. The predicted octanol–water partition coefficient (Wildman–Crippen LogP) is 0.975. The van der Waals surface area contributed by atoms with Crippen LogP contribution in [0.4, 0.5) is 5.13 Å². The lowest BCUT2D eigenvalue weighted by Gasteiger charge is -2.04. The number of aromatic nitrogens is 1. The quantitative estimate of drug-likeness (QED) is 0.727. The normalized spacial score (nSPS) is 13.6. The molecule has 1 unspecified atom stereocenters. The molecule has 0 aliphatic heterocycles. The molecule has 1 rings (SSSR count). The number of rotatable bonds is 7. The second-order valence-corrected chi connectivity index (χ2v) is 6.22. The average molecular weight is 280 g/mol. The maximum absolute atomic E-state index is 11.6. The average Bonchev–Trinajstić information content (AvgIpc) is 2.65. The first-order chi connectivity index (χ1) is 7.94. The fourth-order valence-electron chi connectivity index (χ4n) is 1.10. The number of ether oxygens (including phenoxy) is 1. The van der Waals surface area contributed by atoms with Gasteiger partial charge in [-0.3, -0.25) is 4.72 Å². The van der Waals surface area contributed by atoms with Crippen molar-refractivity contribution >= 4 is 26.5 Å². The summed E-state index contributed by atoms with van der Waals surface area (Å²) in [5.41, 5.74) is 0.463. The highest BCUT2D eigenvalue weighted by Crippen LogP contribution is 2.21. The standard InChI is InChI=1S/C9H16N2O4S2/c1-7(12)8-6-16-9(10-8)11-17(13,14)5-3-4-15-2/h6-7,12H,3-5H2,1-2H3,(H,10,11). The third-order valence-electron chi connectivity index (χ3n) is 1.95. The summed E-state index contributed by atoms with van der Waals surface area (Å²) < 4.78 is 30.3. The van der Waals surface area contributed by atoms with Gasteiger partial charge >= 0.3 is 0 Å². The van der Waals surface area contributed by atoms with Crippen LogP contribution in [-0.4, -0.2) is 38.0 Å². The number of aliphatic hydroxyl groups is 1. The van der Waals surface area contributed by atoms with Gasteiger partial charge < -0.3 is 9.84 Å². The van der Waals surface area contributed by atoms with Crippen molar-refractivity contribution in [2.75, 3.05) is 24.2 Å². The van der Waals surface area contributed by atoms with E-state index >= 15 is 0 Å². The van der Waals surface area contributed by atoms with E-state index in [-0.39, 0.29) is 10.9 Å². The molecule has 1 atom stereocenters. The number of thiazole rings is 1. The van der Waals surface area contributed by atoms with E-state index in [2.05, 4.69) is 9.71 Å². The van der Waals surface area contributed by atoms with Gasteiger partial charge in [0.25, 0.3) is 0 Å². The summed E-state index contributed by atoms with van der Waals surface area (Å²) in [6, 6.07) is 0. The molecule has 17 heavy (non-hydrogen) atoms. The first kappa shape index (κ1) is 14.4. The van der Waals surface area contributed by atoms with Gasteiger partial charge in [-0.05, 0) is 13.3 Å². The van der Waals surface area contributed by atoms with Crippen LogP contribution in [0.3, 0.4) is 0 Å². The van der Waals surface area contributed by atoms with Crippen LogP contribution in [-0.2, 0) is 14.8 Å². The number of anilines is 1. The Morgan fingerprint density at radius 1 is 1.65 bits per heavy atom. The van der Waals surface area contributed by atoms with Crippen molar-refractivity contribution in [2.24, 2.45) is 0 Å². The molecule has 0 aromatic carbocycles. The lowest BCUT2D eigenvalue weighted by Crippen LogP contribution is -2.17. The monoisotopic (exact) mass is 280 g/mol. The summed E-state index contributed by atoms with van der Waals surface area (Å²) in [7, 11) is -1.86. The fourth-order valence-corrected chi connectivity index (χ4v) is 3.23. The zero-order valence-corrected chi connectivity index (χ0v) is 11.3. The smallest absolute Gasteiger partial charge is 0.234 e. The number of hydrogen-bond donors (Lipinski definition) is 2. The van der Waals surface area contributed by atoms with Crippen LogP contribution in [0.5, 0.6) is 0 Å². The number of nitrogens with zero attached hydrogens (tertiary/aromatic N) is 1. The summed E-state index contributed by atoms with van der Waals surface area (Å²) in [6.45, 7) is 1.98. The summed E-state index contributed by atoms with van der Waals surface area (Å²) in [6.07, 6.45) is -0.265. The van der Waals surface area contributed by atoms with Gasteiger partial charge in [-0.1, -0.05) is 0 Å². The number of aliphatic hydroxyl groups excluding tert-OH is 1. The van der Waals surface area contributed by atoms with Crippen molar-refractivity contribution in [3.05, 3.63) is 11.1 Å². The van der Waals surface area contributed by atoms with Crippen LogP contribution in [0.25, 0.3) is 0 Å². The fraction of sp³-hybridized carbons (Fsp3) is 0.667. The maximum atomic E-state index is 11.6. The van der Waals surface area contributed by atoms with Gasteiger partial charge in [0.15, 0.2) is 5.13 Å². The van der Waals surface area contributed by atoms with Gasteiger partial charge in [-0.2, -0.15) is 0 Å². The van der Waals surface area contributed by atoms with Gasteiger partial charge in [-0.25, -0.2) is 13.4 Å². The molecule has 0 saturated heterocycles. The zero-order chi connectivity index (χ0) is 12.9. The van der Waals surface area contributed by atoms with Crippen molar-refractivity contribution in [1.82, 2.24) is 4.98 Å². The number of nitrogens with one attached hydrogen (secondary N) is 1. The third-order valence-corrected chi connectivity index (χ3v) is 4.19. The molecule has 0 radical (unpaired) electrons.